The summed E-state index contributed by atoms with van der Waals surface area (Å²) in [5.41, 5.74) is 1.08. The first-order valence-electron chi connectivity index (χ1n) is 12.7. The van der Waals surface area contributed by atoms with Crippen LogP contribution in [-0.2, 0) is 20.9 Å². The van der Waals surface area contributed by atoms with Crippen LogP contribution in [0.25, 0.3) is 0 Å². The highest BCUT2D eigenvalue weighted by Gasteiger charge is 2.50. The molecule has 1 aromatic heterocycles. The number of thiazole rings is 1. The van der Waals surface area contributed by atoms with E-state index in [1.54, 1.807) is 17.0 Å². The molecular weight excluding hydrogens is 528 g/mol. The van der Waals surface area contributed by atoms with Crippen LogP contribution in [0.5, 0.6) is 0 Å². The average Bonchev–Trinajstić information content (AvgIpc) is 3.57. The molecule has 0 aliphatic carbocycles. The number of carbonyl (C=O) groups excluding carboxylic acids is 2. The second-order valence-electron chi connectivity index (χ2n) is 11.4. The van der Waals surface area contributed by atoms with Gasteiger partial charge in [0, 0.05) is 28.6 Å². The van der Waals surface area contributed by atoms with Gasteiger partial charge in [-0.15, -0.1) is 11.3 Å². The minimum absolute atomic E-state index is 0.163. The first-order chi connectivity index (χ1) is 17.8. The van der Waals surface area contributed by atoms with Gasteiger partial charge >= 0.3 is 12.1 Å². The maximum Gasteiger partial charge on any atom is 0.408 e. The number of anilines is 1. The number of aromatic nitrogens is 1. The topological polar surface area (TPSA) is 112 Å². The molecule has 11 heteroatoms. The summed E-state index contributed by atoms with van der Waals surface area (Å²) in [6, 6.07) is 3.40. The molecule has 2 aliphatic heterocycles. The lowest BCUT2D eigenvalue weighted by molar-refractivity contribution is -0.151. The van der Waals surface area contributed by atoms with Crippen LogP contribution >= 0.6 is 22.9 Å². The standard InChI is InChI=1S/C27H35ClN4O5S/c1-14(2)20-11-29-25(38-20)30-22(27(3,4)5)23(33)31-12-15(10-19(31)24(34)37-6)21-16-8-7-9-18(28)17(16)13-32(21)26(35)36/h7-9,11,14-15,19,21-22H,10,12-13H2,1-6H3,(H,29,30)(H,35,36)/t15-,19+,21?,22?/m1/s1. The number of fused-ring (bicyclic) bond motifs is 1. The van der Waals surface area contributed by atoms with E-state index in [9.17, 15) is 19.5 Å². The molecule has 2 N–H and O–H groups in total. The number of ether oxygens (including phenoxy) is 1. The Balaban J connectivity index is 1.67. The Morgan fingerprint density at radius 1 is 1.24 bits per heavy atom. The largest absolute Gasteiger partial charge is 0.467 e. The molecule has 0 radical (unpaired) electrons. The first kappa shape index (κ1) is 28.2. The zero-order valence-electron chi connectivity index (χ0n) is 22.5. The molecule has 1 fully saturated rings. The van der Waals surface area contributed by atoms with Crippen LogP contribution in [0.4, 0.5) is 9.93 Å². The molecule has 0 spiro atoms. The van der Waals surface area contributed by atoms with Crippen LogP contribution in [0.3, 0.4) is 0 Å². The Labute approximate surface area is 232 Å². The molecule has 206 valence electrons. The highest BCUT2D eigenvalue weighted by atomic mass is 35.5. The predicted molar refractivity (Wildman–Crippen MR) is 146 cm³/mol. The van der Waals surface area contributed by atoms with Crippen LogP contribution in [0.1, 0.15) is 69.0 Å². The van der Waals surface area contributed by atoms with Crippen molar-refractivity contribution in [3.63, 3.8) is 0 Å². The molecule has 0 saturated carbocycles. The summed E-state index contributed by atoms with van der Waals surface area (Å²) >= 11 is 7.92. The molecule has 0 bridgehead atoms. The van der Waals surface area contributed by atoms with Crippen molar-refractivity contribution in [3.05, 3.63) is 45.4 Å². The minimum atomic E-state index is -1.07. The van der Waals surface area contributed by atoms with Gasteiger partial charge in [-0.2, -0.15) is 0 Å². The zero-order valence-corrected chi connectivity index (χ0v) is 24.1. The summed E-state index contributed by atoms with van der Waals surface area (Å²) in [4.78, 5) is 47.7. The van der Waals surface area contributed by atoms with Gasteiger partial charge in [0.2, 0.25) is 5.91 Å². The number of amides is 2. The number of carboxylic acid groups (broad SMARTS) is 1. The molecule has 1 saturated heterocycles. The summed E-state index contributed by atoms with van der Waals surface area (Å²) in [6.45, 7) is 10.4. The van der Waals surface area contributed by atoms with E-state index in [1.165, 1.54) is 23.3 Å². The van der Waals surface area contributed by atoms with E-state index in [0.29, 0.717) is 16.1 Å². The smallest absolute Gasteiger partial charge is 0.408 e. The summed E-state index contributed by atoms with van der Waals surface area (Å²) in [6.07, 6.45) is 1.03. The Kier molecular flexibility index (Phi) is 7.95. The van der Waals surface area contributed by atoms with Crippen molar-refractivity contribution in [2.75, 3.05) is 19.0 Å². The monoisotopic (exact) mass is 562 g/mol. The molecule has 2 unspecified atom stereocenters. The molecule has 38 heavy (non-hydrogen) atoms. The van der Waals surface area contributed by atoms with Gasteiger partial charge in [0.05, 0.1) is 19.7 Å². The molecule has 3 heterocycles. The van der Waals surface area contributed by atoms with Gasteiger partial charge in [0.15, 0.2) is 5.13 Å². The quantitative estimate of drug-likeness (QED) is 0.455. The van der Waals surface area contributed by atoms with Gasteiger partial charge < -0.3 is 20.1 Å². The van der Waals surface area contributed by atoms with E-state index in [2.05, 4.69) is 24.1 Å². The van der Waals surface area contributed by atoms with E-state index in [-0.39, 0.29) is 31.3 Å². The fourth-order valence-corrected chi connectivity index (χ4v) is 6.50. The predicted octanol–water partition coefficient (Wildman–Crippen LogP) is 5.37. The zero-order chi connectivity index (χ0) is 27.9. The average molecular weight is 563 g/mol. The van der Waals surface area contributed by atoms with Crippen molar-refractivity contribution >= 4 is 46.0 Å². The van der Waals surface area contributed by atoms with Crippen LogP contribution in [-0.4, -0.2) is 63.6 Å². The number of hydrogen-bond acceptors (Lipinski definition) is 7. The van der Waals surface area contributed by atoms with Crippen molar-refractivity contribution in [3.8, 4) is 0 Å². The van der Waals surface area contributed by atoms with Crippen molar-refractivity contribution in [1.29, 1.82) is 0 Å². The second kappa shape index (κ2) is 10.7. The highest BCUT2D eigenvalue weighted by molar-refractivity contribution is 7.15. The molecule has 4 rings (SSSR count). The normalized spacial score (nSPS) is 21.9. The number of hydrogen-bond donors (Lipinski definition) is 2. The lowest BCUT2D eigenvalue weighted by Gasteiger charge is -2.35. The number of likely N-dealkylation sites (tertiary alicyclic amines) is 1. The van der Waals surface area contributed by atoms with Gasteiger partial charge in [-0.25, -0.2) is 14.6 Å². The molecule has 2 aliphatic rings. The molecule has 1 aromatic carbocycles. The van der Waals surface area contributed by atoms with Gasteiger partial charge in [-0.05, 0) is 34.9 Å². The first-order valence-corrected chi connectivity index (χ1v) is 13.9. The summed E-state index contributed by atoms with van der Waals surface area (Å²) in [5, 5.41) is 14.5. The lowest BCUT2D eigenvalue weighted by atomic mass is 9.85. The van der Waals surface area contributed by atoms with E-state index >= 15 is 0 Å². The highest BCUT2D eigenvalue weighted by Crippen LogP contribution is 2.46. The summed E-state index contributed by atoms with van der Waals surface area (Å²) in [5.74, 6) is -0.763. The number of rotatable bonds is 6. The van der Waals surface area contributed by atoms with Crippen LogP contribution < -0.4 is 5.32 Å². The number of nitrogens with one attached hydrogen (secondary N) is 1. The summed E-state index contributed by atoms with van der Waals surface area (Å²) in [7, 11) is 1.30. The van der Waals surface area contributed by atoms with Gasteiger partial charge in [0.25, 0.3) is 0 Å². The number of esters is 1. The van der Waals surface area contributed by atoms with Gasteiger partial charge in [-0.1, -0.05) is 58.4 Å². The van der Waals surface area contributed by atoms with Crippen LogP contribution in [0, 0.1) is 11.3 Å². The van der Waals surface area contributed by atoms with Crippen LogP contribution in [0.2, 0.25) is 5.02 Å². The third-order valence-electron chi connectivity index (χ3n) is 7.39. The second-order valence-corrected chi connectivity index (χ2v) is 12.8. The number of methoxy groups -OCH3 is 1. The molecule has 9 nitrogen and oxygen atoms in total. The van der Waals surface area contributed by atoms with E-state index in [1.807, 2.05) is 33.0 Å². The molecule has 4 atom stereocenters. The summed E-state index contributed by atoms with van der Waals surface area (Å²) < 4.78 is 5.09. The Morgan fingerprint density at radius 3 is 2.53 bits per heavy atom. The number of benzene rings is 1. The number of nitrogens with zero attached hydrogens (tertiary/aromatic N) is 3. The van der Waals surface area contributed by atoms with E-state index in [0.717, 1.165) is 16.0 Å². The third kappa shape index (κ3) is 5.33. The van der Waals surface area contributed by atoms with Crippen molar-refractivity contribution in [2.24, 2.45) is 11.3 Å². The molecule has 2 aromatic rings. The fourth-order valence-electron chi connectivity index (χ4n) is 5.41. The van der Waals surface area contributed by atoms with Crippen molar-refractivity contribution in [2.45, 2.75) is 71.6 Å². The van der Waals surface area contributed by atoms with Crippen molar-refractivity contribution in [1.82, 2.24) is 14.8 Å². The Bertz CT molecular complexity index is 1230. The van der Waals surface area contributed by atoms with Crippen molar-refractivity contribution < 1.29 is 24.2 Å². The molecular formula is C27H35ClN4O5S. The maximum absolute atomic E-state index is 14.1. The van der Waals surface area contributed by atoms with Gasteiger partial charge in [0.1, 0.15) is 12.1 Å². The van der Waals surface area contributed by atoms with Crippen LogP contribution in [0.15, 0.2) is 24.4 Å². The van der Waals surface area contributed by atoms with E-state index < -0.39 is 35.6 Å². The lowest BCUT2D eigenvalue weighted by Crippen LogP contribution is -2.52. The molecule has 2 amide bonds. The number of halogens is 1. The third-order valence-corrected chi connectivity index (χ3v) is 8.98. The number of carbonyl (C=O) groups is 3. The Hall–Kier alpha value is -2.85. The van der Waals surface area contributed by atoms with E-state index in [4.69, 9.17) is 16.3 Å². The SMILES string of the molecule is COC(=O)[C@@H]1C[C@@H](C2c3cccc(Cl)c3CN2C(=O)O)CN1C(=O)C(Nc1ncc(C(C)C)s1)C(C)(C)C. The Morgan fingerprint density at radius 2 is 1.95 bits per heavy atom. The fraction of sp³-hybridized carbons (Fsp3) is 0.556. The maximum atomic E-state index is 14.1. The van der Waals surface area contributed by atoms with Gasteiger partial charge in [-0.3, -0.25) is 9.69 Å². The minimum Gasteiger partial charge on any atom is -0.467 e.